The fourth-order valence-corrected chi connectivity index (χ4v) is 6.21. The molecule has 14 nitrogen and oxygen atoms in total. The van der Waals surface area contributed by atoms with E-state index in [2.05, 4.69) is 26.7 Å². The number of ketones is 1. The summed E-state index contributed by atoms with van der Waals surface area (Å²) in [6, 6.07) is 1.20. The number of methoxy groups -OCH3 is 1. The summed E-state index contributed by atoms with van der Waals surface area (Å²) in [5.41, 5.74) is 0.345. The molecule has 3 aliphatic rings. The molecule has 15 heteroatoms. The van der Waals surface area contributed by atoms with Crippen LogP contribution in [0.25, 0.3) is 0 Å². The molecule has 1 spiro atoms. The standard InChI is InChI=1S/C28H38N4O10S/c1-15(2)6-7-18-27(4,42-18)24-23(38-5)17(8-9-28(24)14-40-28)41-26(37)31-21(36)13-43-22-10-19(34)29-25(32-22)30-20(35)12-39-11-16(3)33/h6,10,17-18,23-24H,7-9,11-14H2,1-5H3,(H,31,36,37)(H2,29,30,32,34,35)/t17-,18-,23-,24-,27?,28+/m1/s1. The highest BCUT2D eigenvalue weighted by Gasteiger charge is 2.72. The number of nitrogens with one attached hydrogen (secondary N) is 2. The van der Waals surface area contributed by atoms with Crippen molar-refractivity contribution >= 4 is 41.4 Å². The molecule has 3 N–H and O–H groups in total. The third kappa shape index (κ3) is 8.50. The van der Waals surface area contributed by atoms with Crippen LogP contribution >= 0.6 is 11.8 Å². The first-order valence-electron chi connectivity index (χ1n) is 13.9. The molecule has 3 amide bonds. The van der Waals surface area contributed by atoms with Crippen LogP contribution in [-0.2, 0) is 38.1 Å². The molecule has 0 radical (unpaired) electrons. The van der Waals surface area contributed by atoms with Crippen LogP contribution in [0.2, 0.25) is 0 Å². The second-order valence-corrected chi connectivity index (χ2v) is 12.3. The maximum Gasteiger partial charge on any atom is 0.414 e. The van der Waals surface area contributed by atoms with Crippen LogP contribution in [0.1, 0.15) is 47.0 Å². The predicted molar refractivity (Wildman–Crippen MR) is 152 cm³/mol. The molecule has 1 unspecified atom stereocenters. The number of nitrogens with zero attached hydrogens (tertiary/aromatic N) is 2. The van der Waals surface area contributed by atoms with Gasteiger partial charge in [-0.15, -0.1) is 0 Å². The van der Waals surface area contributed by atoms with E-state index >= 15 is 0 Å². The van der Waals surface area contributed by atoms with E-state index in [1.54, 1.807) is 7.11 Å². The van der Waals surface area contributed by atoms with Crippen LogP contribution in [0.15, 0.2) is 22.7 Å². The largest absolute Gasteiger partial charge is 0.493 e. The van der Waals surface area contributed by atoms with E-state index in [9.17, 15) is 24.3 Å². The molecule has 2 aliphatic heterocycles. The summed E-state index contributed by atoms with van der Waals surface area (Å²) in [6.45, 7) is 7.41. The van der Waals surface area contributed by atoms with Crippen LogP contribution in [0.5, 0.6) is 5.88 Å². The zero-order valence-corrected chi connectivity index (χ0v) is 25.7. The van der Waals surface area contributed by atoms with Gasteiger partial charge in [0.25, 0.3) is 5.91 Å². The highest BCUT2D eigenvalue weighted by Crippen LogP contribution is 2.59. The van der Waals surface area contributed by atoms with Gasteiger partial charge >= 0.3 is 6.09 Å². The topological polar surface area (TPSA) is 191 Å². The molecule has 0 bridgehead atoms. The zero-order valence-electron chi connectivity index (χ0n) is 24.8. The van der Waals surface area contributed by atoms with Gasteiger partial charge in [0.1, 0.15) is 41.6 Å². The van der Waals surface area contributed by atoms with Gasteiger partial charge in [0, 0.05) is 13.2 Å². The Balaban J connectivity index is 1.29. The number of allylic oxidation sites excluding steroid dienone is 1. The fourth-order valence-electron chi connectivity index (χ4n) is 5.52. The minimum absolute atomic E-state index is 0.00689. The number of hydrogen-bond acceptors (Lipinski definition) is 13. The van der Waals surface area contributed by atoms with Crippen molar-refractivity contribution in [2.45, 2.75) is 81.5 Å². The van der Waals surface area contributed by atoms with E-state index in [4.69, 9.17) is 23.7 Å². The van der Waals surface area contributed by atoms with Crippen LogP contribution < -0.4 is 10.6 Å². The van der Waals surface area contributed by atoms with Gasteiger partial charge in [0.15, 0.2) is 5.78 Å². The molecular weight excluding hydrogens is 584 g/mol. The van der Waals surface area contributed by atoms with E-state index < -0.39 is 48.2 Å². The van der Waals surface area contributed by atoms with Gasteiger partial charge in [-0.1, -0.05) is 23.4 Å². The molecule has 1 aromatic rings. The van der Waals surface area contributed by atoms with Crippen molar-refractivity contribution < 1.29 is 48.0 Å². The number of aromatic hydroxyl groups is 1. The van der Waals surface area contributed by atoms with Crippen molar-refractivity contribution in [1.29, 1.82) is 0 Å². The van der Waals surface area contributed by atoms with Crippen molar-refractivity contribution in [3.05, 3.63) is 17.7 Å². The number of hydrogen-bond donors (Lipinski definition) is 3. The number of aromatic nitrogens is 2. The van der Waals surface area contributed by atoms with Crippen LogP contribution in [-0.4, -0.2) is 101 Å². The van der Waals surface area contributed by atoms with Crippen LogP contribution in [0.3, 0.4) is 0 Å². The average Bonchev–Trinajstić information content (AvgIpc) is 3.83. The SMILES string of the molecule is CO[C@H]1[C@H](C2(C)O[C@@H]2CC=C(C)C)[C@]2(CC[C@H]1OC(=O)NC(=O)CSc1cc(O)nc(NC(=O)COCC(C)=O)n1)CO2. The first kappa shape index (κ1) is 32.8. The minimum atomic E-state index is -0.906. The maximum absolute atomic E-state index is 12.7. The summed E-state index contributed by atoms with van der Waals surface area (Å²) in [6.07, 6.45) is 2.09. The van der Waals surface area contributed by atoms with E-state index in [0.29, 0.717) is 19.4 Å². The van der Waals surface area contributed by atoms with Crippen molar-refractivity contribution in [1.82, 2.24) is 15.3 Å². The predicted octanol–water partition coefficient (Wildman–Crippen LogP) is 2.15. The van der Waals surface area contributed by atoms with Crippen molar-refractivity contribution in [2.75, 3.05) is 38.0 Å². The number of alkyl carbamates (subject to hydrolysis) is 1. The molecule has 236 valence electrons. The maximum atomic E-state index is 12.7. The highest BCUT2D eigenvalue weighted by molar-refractivity contribution is 7.99. The molecule has 6 atom stereocenters. The summed E-state index contributed by atoms with van der Waals surface area (Å²) in [5.74, 6) is -2.58. The van der Waals surface area contributed by atoms with E-state index in [0.717, 1.165) is 18.2 Å². The second-order valence-electron chi connectivity index (χ2n) is 11.3. The quantitative estimate of drug-likeness (QED) is 0.126. The van der Waals surface area contributed by atoms with Crippen LogP contribution in [0.4, 0.5) is 10.7 Å². The zero-order chi connectivity index (χ0) is 31.4. The molecular formula is C28H38N4O10S. The molecule has 2 saturated heterocycles. The molecule has 3 heterocycles. The smallest absolute Gasteiger partial charge is 0.414 e. The third-order valence-electron chi connectivity index (χ3n) is 7.57. The van der Waals surface area contributed by atoms with E-state index in [1.165, 1.54) is 18.6 Å². The summed E-state index contributed by atoms with van der Waals surface area (Å²) in [7, 11) is 1.57. The Kier molecular flexibility index (Phi) is 10.4. The summed E-state index contributed by atoms with van der Waals surface area (Å²) in [5, 5.41) is 14.6. The molecule has 4 rings (SSSR count). The fraction of sp³-hybridized carbons (Fsp3) is 0.643. The molecule has 43 heavy (non-hydrogen) atoms. The number of epoxide rings is 2. The third-order valence-corrected chi connectivity index (χ3v) is 8.48. The van der Waals surface area contributed by atoms with Crippen LogP contribution in [0, 0.1) is 5.92 Å². The van der Waals surface area contributed by atoms with E-state index in [1.807, 2.05) is 20.8 Å². The van der Waals surface area contributed by atoms with Crippen molar-refractivity contribution in [2.24, 2.45) is 5.92 Å². The van der Waals surface area contributed by atoms with Gasteiger partial charge in [-0.2, -0.15) is 4.98 Å². The Morgan fingerprint density at radius 3 is 2.58 bits per heavy atom. The number of thioether (sulfide) groups is 1. The lowest BCUT2D eigenvalue weighted by molar-refractivity contribution is -0.126. The Morgan fingerprint density at radius 1 is 1.19 bits per heavy atom. The van der Waals surface area contributed by atoms with E-state index in [-0.39, 0.29) is 46.7 Å². The molecule has 1 saturated carbocycles. The highest BCUT2D eigenvalue weighted by atomic mass is 32.2. The summed E-state index contributed by atoms with van der Waals surface area (Å²) >= 11 is 0.905. The molecule has 1 aromatic heterocycles. The number of carbonyl (C=O) groups is 4. The Labute approximate surface area is 253 Å². The normalized spacial score (nSPS) is 29.0. The van der Waals surface area contributed by atoms with Crippen molar-refractivity contribution in [3.8, 4) is 5.88 Å². The van der Waals surface area contributed by atoms with Crippen molar-refractivity contribution in [3.63, 3.8) is 0 Å². The lowest BCUT2D eigenvalue weighted by Gasteiger charge is -2.42. The number of imide groups is 1. The van der Waals surface area contributed by atoms with Gasteiger partial charge < -0.3 is 28.8 Å². The van der Waals surface area contributed by atoms with Gasteiger partial charge in [-0.3, -0.25) is 25.0 Å². The number of rotatable bonds is 13. The Morgan fingerprint density at radius 2 is 1.93 bits per heavy atom. The van der Waals surface area contributed by atoms with Gasteiger partial charge in [-0.05, 0) is 47.0 Å². The number of anilines is 1. The molecule has 0 aromatic carbocycles. The number of amides is 3. The molecule has 3 fully saturated rings. The monoisotopic (exact) mass is 622 g/mol. The van der Waals surface area contributed by atoms with Gasteiger partial charge in [-0.25, -0.2) is 9.78 Å². The summed E-state index contributed by atoms with van der Waals surface area (Å²) < 4.78 is 28.6. The first-order valence-corrected chi connectivity index (χ1v) is 14.9. The molecule has 1 aliphatic carbocycles. The average molecular weight is 623 g/mol. The minimum Gasteiger partial charge on any atom is -0.493 e. The first-order chi connectivity index (χ1) is 20.3. The Hall–Kier alpha value is -3.11. The lowest BCUT2D eigenvalue weighted by atomic mass is 9.68. The van der Waals surface area contributed by atoms with Gasteiger partial charge in [0.05, 0.1) is 24.4 Å². The number of carbonyl (C=O) groups excluding carboxylic acids is 4. The Bertz CT molecular complexity index is 1270. The second kappa shape index (κ2) is 13.7. The van der Waals surface area contributed by atoms with Gasteiger partial charge in [0.2, 0.25) is 17.7 Å². The lowest BCUT2D eigenvalue weighted by Crippen LogP contribution is -2.56. The number of Topliss-reactive ketones (excluding diaryl/α,β-unsaturated/α-hetero) is 1. The number of ether oxygens (including phenoxy) is 5. The summed E-state index contributed by atoms with van der Waals surface area (Å²) in [4.78, 5) is 55.9.